The van der Waals surface area contributed by atoms with Gasteiger partial charge in [-0.2, -0.15) is 0 Å². The van der Waals surface area contributed by atoms with E-state index in [1.165, 1.54) is 4.88 Å². The molecule has 3 nitrogen and oxygen atoms in total. The zero-order valence-corrected chi connectivity index (χ0v) is 12.6. The molecule has 1 aromatic carbocycles. The van der Waals surface area contributed by atoms with Gasteiger partial charge in [-0.1, -0.05) is 30.3 Å². The summed E-state index contributed by atoms with van der Waals surface area (Å²) in [5.74, 6) is 0.848. The van der Waals surface area contributed by atoms with E-state index in [9.17, 15) is 0 Å². The van der Waals surface area contributed by atoms with E-state index in [1.54, 1.807) is 17.7 Å². The van der Waals surface area contributed by atoms with E-state index in [-0.39, 0.29) is 5.38 Å². The lowest BCUT2D eigenvalue weighted by Crippen LogP contribution is -2.09. The van der Waals surface area contributed by atoms with Crippen LogP contribution in [0.3, 0.4) is 0 Å². The molecule has 2 aromatic heterocycles. The van der Waals surface area contributed by atoms with Crippen molar-refractivity contribution < 1.29 is 0 Å². The lowest BCUT2D eigenvalue weighted by Gasteiger charge is -2.12. The van der Waals surface area contributed by atoms with E-state index in [4.69, 9.17) is 11.6 Å². The monoisotopic (exact) mass is 303 g/mol. The van der Waals surface area contributed by atoms with Crippen molar-refractivity contribution in [2.75, 3.05) is 11.9 Å². The van der Waals surface area contributed by atoms with Crippen molar-refractivity contribution in [3.63, 3.8) is 0 Å². The van der Waals surface area contributed by atoms with Crippen molar-refractivity contribution in [1.82, 2.24) is 9.97 Å². The van der Waals surface area contributed by atoms with Crippen molar-refractivity contribution in [2.45, 2.75) is 12.3 Å². The number of fused-ring (bicyclic) bond motifs is 1. The molecule has 0 saturated carbocycles. The summed E-state index contributed by atoms with van der Waals surface area (Å²) in [6.45, 7) is 2.71. The molecule has 1 unspecified atom stereocenters. The number of aromatic nitrogens is 2. The standard InChI is InChI=1S/C15H14ClN3S/c1-10-7-12-14(18-9-19-15(12)20-10)17-8-13(16)11-5-3-2-4-6-11/h2-7,9,13H,8H2,1H3,(H,17,18,19). The Hall–Kier alpha value is -1.65. The molecule has 0 bridgehead atoms. The molecular weight excluding hydrogens is 290 g/mol. The van der Waals surface area contributed by atoms with Gasteiger partial charge < -0.3 is 5.32 Å². The van der Waals surface area contributed by atoms with Crippen LogP contribution in [-0.2, 0) is 0 Å². The molecule has 3 rings (SSSR count). The zero-order chi connectivity index (χ0) is 13.9. The van der Waals surface area contributed by atoms with E-state index in [1.807, 2.05) is 30.3 Å². The number of nitrogens with one attached hydrogen (secondary N) is 1. The normalized spacial score (nSPS) is 12.5. The van der Waals surface area contributed by atoms with Crippen LogP contribution < -0.4 is 5.32 Å². The maximum absolute atomic E-state index is 6.41. The first kappa shape index (κ1) is 13.3. The van der Waals surface area contributed by atoms with Gasteiger partial charge in [-0.25, -0.2) is 9.97 Å². The molecule has 1 atom stereocenters. The first-order valence-electron chi connectivity index (χ1n) is 6.38. The highest BCUT2D eigenvalue weighted by Gasteiger charge is 2.10. The van der Waals surface area contributed by atoms with Crippen LogP contribution in [0.4, 0.5) is 5.82 Å². The van der Waals surface area contributed by atoms with E-state index >= 15 is 0 Å². The maximum Gasteiger partial charge on any atom is 0.138 e. The highest BCUT2D eigenvalue weighted by molar-refractivity contribution is 7.18. The topological polar surface area (TPSA) is 37.8 Å². The lowest BCUT2D eigenvalue weighted by atomic mass is 10.1. The average Bonchev–Trinajstić information content (AvgIpc) is 2.86. The summed E-state index contributed by atoms with van der Waals surface area (Å²) >= 11 is 8.08. The van der Waals surface area contributed by atoms with Gasteiger partial charge in [-0.05, 0) is 18.6 Å². The van der Waals surface area contributed by atoms with Crippen molar-refractivity contribution in [3.8, 4) is 0 Å². The Kier molecular flexibility index (Phi) is 3.85. The van der Waals surface area contributed by atoms with E-state index in [0.717, 1.165) is 21.6 Å². The Morgan fingerprint density at radius 2 is 2.05 bits per heavy atom. The SMILES string of the molecule is Cc1cc2c(NCC(Cl)c3ccccc3)ncnc2s1. The smallest absolute Gasteiger partial charge is 0.138 e. The van der Waals surface area contributed by atoms with Crippen molar-refractivity contribution in [1.29, 1.82) is 0 Å². The second-order valence-corrected chi connectivity index (χ2v) is 6.32. The van der Waals surface area contributed by atoms with Crippen LogP contribution in [0, 0.1) is 6.92 Å². The summed E-state index contributed by atoms with van der Waals surface area (Å²) in [4.78, 5) is 10.8. The van der Waals surface area contributed by atoms with Gasteiger partial charge in [0.1, 0.15) is 17.0 Å². The highest BCUT2D eigenvalue weighted by Crippen LogP contribution is 2.28. The fourth-order valence-electron chi connectivity index (χ4n) is 2.08. The molecule has 0 saturated heterocycles. The van der Waals surface area contributed by atoms with Gasteiger partial charge >= 0.3 is 0 Å². The van der Waals surface area contributed by atoms with Crippen LogP contribution in [0.2, 0.25) is 0 Å². The number of rotatable bonds is 4. The summed E-state index contributed by atoms with van der Waals surface area (Å²) in [6.07, 6.45) is 1.59. The number of aryl methyl sites for hydroxylation is 1. The Labute approximate surface area is 126 Å². The first-order chi connectivity index (χ1) is 9.74. The summed E-state index contributed by atoms with van der Waals surface area (Å²) in [5, 5.41) is 4.30. The van der Waals surface area contributed by atoms with E-state index in [2.05, 4.69) is 28.3 Å². The maximum atomic E-state index is 6.41. The molecule has 0 amide bonds. The first-order valence-corrected chi connectivity index (χ1v) is 7.63. The van der Waals surface area contributed by atoms with Gasteiger partial charge in [-0.15, -0.1) is 22.9 Å². The quantitative estimate of drug-likeness (QED) is 0.726. The van der Waals surface area contributed by atoms with E-state index in [0.29, 0.717) is 6.54 Å². The average molecular weight is 304 g/mol. The molecule has 0 aliphatic heterocycles. The summed E-state index contributed by atoms with van der Waals surface area (Å²) in [7, 11) is 0. The fraction of sp³-hybridized carbons (Fsp3) is 0.200. The van der Waals surface area contributed by atoms with Gasteiger partial charge in [0.05, 0.1) is 10.8 Å². The van der Waals surface area contributed by atoms with Gasteiger partial charge in [0.2, 0.25) is 0 Å². The van der Waals surface area contributed by atoms with Crippen molar-refractivity contribution in [2.24, 2.45) is 0 Å². The van der Waals surface area contributed by atoms with Gasteiger partial charge in [0, 0.05) is 11.4 Å². The Bertz CT molecular complexity index is 711. The Balaban J connectivity index is 1.77. The minimum atomic E-state index is -0.0825. The van der Waals surface area contributed by atoms with Crippen LogP contribution in [0.15, 0.2) is 42.7 Å². The molecule has 0 spiro atoms. The molecular formula is C15H14ClN3S. The highest BCUT2D eigenvalue weighted by atomic mass is 35.5. The number of anilines is 1. The predicted octanol–water partition coefficient (Wildman–Crippen LogP) is 4.39. The number of alkyl halides is 1. The molecule has 0 aliphatic carbocycles. The van der Waals surface area contributed by atoms with Gasteiger partial charge in [0.25, 0.3) is 0 Å². The number of halogens is 1. The van der Waals surface area contributed by atoms with Crippen molar-refractivity contribution in [3.05, 3.63) is 53.2 Å². The summed E-state index contributed by atoms with van der Waals surface area (Å²) < 4.78 is 0. The molecule has 3 aromatic rings. The number of benzene rings is 1. The van der Waals surface area contributed by atoms with Crippen molar-refractivity contribution >= 4 is 39.0 Å². The molecule has 20 heavy (non-hydrogen) atoms. The summed E-state index contributed by atoms with van der Waals surface area (Å²) in [5.41, 5.74) is 1.11. The molecule has 0 fully saturated rings. The number of nitrogens with zero attached hydrogens (tertiary/aromatic N) is 2. The molecule has 0 aliphatic rings. The van der Waals surface area contributed by atoms with E-state index < -0.39 is 0 Å². The second kappa shape index (κ2) is 5.77. The van der Waals surface area contributed by atoms with Crippen LogP contribution in [0.5, 0.6) is 0 Å². The minimum Gasteiger partial charge on any atom is -0.368 e. The Morgan fingerprint density at radius 3 is 2.85 bits per heavy atom. The molecule has 0 radical (unpaired) electrons. The number of hydrogen-bond acceptors (Lipinski definition) is 4. The number of hydrogen-bond donors (Lipinski definition) is 1. The third-order valence-electron chi connectivity index (χ3n) is 3.06. The third kappa shape index (κ3) is 2.76. The largest absolute Gasteiger partial charge is 0.368 e. The summed E-state index contributed by atoms with van der Waals surface area (Å²) in [6, 6.07) is 12.1. The number of thiophene rings is 1. The third-order valence-corrected chi connectivity index (χ3v) is 4.43. The van der Waals surface area contributed by atoms with Gasteiger partial charge in [-0.3, -0.25) is 0 Å². The molecule has 1 N–H and O–H groups in total. The predicted molar refractivity (Wildman–Crippen MR) is 85.7 cm³/mol. The molecule has 102 valence electrons. The van der Waals surface area contributed by atoms with Crippen LogP contribution in [0.1, 0.15) is 15.8 Å². The lowest BCUT2D eigenvalue weighted by molar-refractivity contribution is 0.968. The van der Waals surface area contributed by atoms with Crippen LogP contribution in [0.25, 0.3) is 10.2 Å². The van der Waals surface area contributed by atoms with Crippen LogP contribution in [-0.4, -0.2) is 16.5 Å². The van der Waals surface area contributed by atoms with Gasteiger partial charge in [0.15, 0.2) is 0 Å². The zero-order valence-electron chi connectivity index (χ0n) is 11.0. The Morgan fingerprint density at radius 1 is 1.25 bits per heavy atom. The minimum absolute atomic E-state index is 0.0825. The van der Waals surface area contributed by atoms with Crippen LogP contribution >= 0.6 is 22.9 Å². The second-order valence-electron chi connectivity index (χ2n) is 4.56. The fourth-order valence-corrected chi connectivity index (χ4v) is 3.15. The molecule has 5 heteroatoms. The molecule has 2 heterocycles.